The Balaban J connectivity index is 1.59. The molecule has 0 aliphatic heterocycles. The van der Waals surface area contributed by atoms with Crippen LogP contribution in [-0.2, 0) is 4.79 Å². The lowest BCUT2D eigenvalue weighted by Crippen LogP contribution is -2.33. The molecule has 3 rings (SSSR count). The van der Waals surface area contributed by atoms with Gasteiger partial charge in [-0.25, -0.2) is 0 Å². The van der Waals surface area contributed by atoms with Crippen LogP contribution < -0.4 is 5.32 Å². The Morgan fingerprint density at radius 2 is 1.76 bits per heavy atom. The summed E-state index contributed by atoms with van der Waals surface area (Å²) in [5, 5.41) is 11.8. The van der Waals surface area contributed by atoms with Crippen LogP contribution in [0.4, 0.5) is 5.69 Å². The molecule has 3 unspecified atom stereocenters. The first-order valence-electron chi connectivity index (χ1n) is 8.07. The van der Waals surface area contributed by atoms with Crippen LogP contribution in [0.2, 0.25) is 0 Å². The SMILES string of the molecule is N#Cc1ccc(NC(=O)C2CCC3CCCCC3C2)cc1. The molecule has 1 aromatic carbocycles. The minimum absolute atomic E-state index is 0.156. The zero-order valence-electron chi connectivity index (χ0n) is 12.3. The van der Waals surface area contributed by atoms with Gasteiger partial charge in [-0.2, -0.15) is 5.26 Å². The molecular weight excluding hydrogens is 260 g/mol. The fraction of sp³-hybridized carbons (Fsp3) is 0.556. The van der Waals surface area contributed by atoms with Gasteiger partial charge in [-0.15, -0.1) is 0 Å². The summed E-state index contributed by atoms with van der Waals surface area (Å²) in [6.45, 7) is 0. The number of amides is 1. The predicted molar refractivity (Wildman–Crippen MR) is 82.6 cm³/mol. The van der Waals surface area contributed by atoms with Crippen molar-refractivity contribution in [1.82, 2.24) is 0 Å². The highest BCUT2D eigenvalue weighted by Crippen LogP contribution is 2.42. The molecule has 2 aliphatic carbocycles. The second-order valence-corrected chi connectivity index (χ2v) is 6.49. The molecule has 3 heteroatoms. The summed E-state index contributed by atoms with van der Waals surface area (Å²) in [7, 11) is 0. The molecule has 110 valence electrons. The Bertz CT molecular complexity index is 543. The van der Waals surface area contributed by atoms with Gasteiger partial charge in [0.05, 0.1) is 11.6 Å². The van der Waals surface area contributed by atoms with E-state index in [1.165, 1.54) is 32.1 Å². The minimum Gasteiger partial charge on any atom is -0.326 e. The number of nitriles is 1. The standard InChI is InChI=1S/C18H22N2O/c19-12-13-5-9-17(10-6-13)20-18(21)16-8-7-14-3-1-2-4-15(14)11-16/h5-6,9-10,14-16H,1-4,7-8,11H2,(H,20,21). The fourth-order valence-electron chi connectivity index (χ4n) is 3.98. The second kappa shape index (κ2) is 6.30. The van der Waals surface area contributed by atoms with Gasteiger partial charge in [0.2, 0.25) is 5.91 Å². The van der Waals surface area contributed by atoms with E-state index in [0.717, 1.165) is 30.4 Å². The quantitative estimate of drug-likeness (QED) is 0.887. The van der Waals surface area contributed by atoms with Gasteiger partial charge in [-0.05, 0) is 55.4 Å². The number of benzene rings is 1. The Kier molecular flexibility index (Phi) is 4.24. The van der Waals surface area contributed by atoms with Gasteiger partial charge in [0, 0.05) is 11.6 Å². The van der Waals surface area contributed by atoms with Crippen molar-refractivity contribution >= 4 is 11.6 Å². The van der Waals surface area contributed by atoms with Gasteiger partial charge in [0.1, 0.15) is 0 Å². The lowest BCUT2D eigenvalue weighted by atomic mass is 9.67. The first-order chi connectivity index (χ1) is 10.3. The first kappa shape index (κ1) is 14.1. The normalized spacial score (nSPS) is 28.2. The van der Waals surface area contributed by atoms with Crippen LogP contribution in [0, 0.1) is 29.1 Å². The van der Waals surface area contributed by atoms with Crippen molar-refractivity contribution in [3.8, 4) is 6.07 Å². The first-order valence-corrected chi connectivity index (χ1v) is 8.07. The molecule has 2 fully saturated rings. The van der Waals surface area contributed by atoms with Gasteiger partial charge in [0.25, 0.3) is 0 Å². The van der Waals surface area contributed by atoms with E-state index >= 15 is 0 Å². The van der Waals surface area contributed by atoms with Gasteiger partial charge in [0.15, 0.2) is 0 Å². The molecule has 1 N–H and O–H groups in total. The third kappa shape index (κ3) is 3.26. The molecule has 0 bridgehead atoms. The Labute approximate surface area is 126 Å². The fourth-order valence-corrected chi connectivity index (χ4v) is 3.98. The number of rotatable bonds is 2. The number of anilines is 1. The highest BCUT2D eigenvalue weighted by Gasteiger charge is 2.34. The van der Waals surface area contributed by atoms with E-state index in [0.29, 0.717) is 5.56 Å². The van der Waals surface area contributed by atoms with Crippen molar-refractivity contribution in [2.75, 3.05) is 5.32 Å². The largest absolute Gasteiger partial charge is 0.326 e. The molecule has 1 aromatic rings. The summed E-state index contributed by atoms with van der Waals surface area (Å²) in [6.07, 6.45) is 8.71. The molecule has 0 aromatic heterocycles. The van der Waals surface area contributed by atoms with Gasteiger partial charge in [-0.1, -0.05) is 25.7 Å². The average Bonchev–Trinajstić information content (AvgIpc) is 2.55. The van der Waals surface area contributed by atoms with E-state index in [1.807, 2.05) is 12.1 Å². The molecule has 3 nitrogen and oxygen atoms in total. The van der Waals surface area contributed by atoms with E-state index in [-0.39, 0.29) is 11.8 Å². The summed E-state index contributed by atoms with van der Waals surface area (Å²) >= 11 is 0. The summed E-state index contributed by atoms with van der Waals surface area (Å²) in [5.74, 6) is 1.96. The van der Waals surface area contributed by atoms with Crippen molar-refractivity contribution in [3.63, 3.8) is 0 Å². The average molecular weight is 282 g/mol. The zero-order valence-corrected chi connectivity index (χ0v) is 12.3. The summed E-state index contributed by atoms with van der Waals surface area (Å²) in [6, 6.07) is 9.19. The molecule has 0 spiro atoms. The van der Waals surface area contributed by atoms with E-state index in [4.69, 9.17) is 5.26 Å². The molecule has 0 radical (unpaired) electrons. The maximum atomic E-state index is 12.4. The van der Waals surface area contributed by atoms with Crippen LogP contribution in [0.5, 0.6) is 0 Å². The molecule has 2 saturated carbocycles. The van der Waals surface area contributed by atoms with Crippen molar-refractivity contribution in [3.05, 3.63) is 29.8 Å². The minimum atomic E-state index is 0.156. The molecule has 2 aliphatic rings. The molecule has 0 saturated heterocycles. The number of fused-ring (bicyclic) bond motifs is 1. The van der Waals surface area contributed by atoms with Crippen molar-refractivity contribution < 1.29 is 4.79 Å². The summed E-state index contributed by atoms with van der Waals surface area (Å²) in [4.78, 5) is 12.4. The Morgan fingerprint density at radius 1 is 1.05 bits per heavy atom. The highest BCUT2D eigenvalue weighted by atomic mass is 16.1. The van der Waals surface area contributed by atoms with Crippen LogP contribution in [0.15, 0.2) is 24.3 Å². The third-order valence-electron chi connectivity index (χ3n) is 5.19. The van der Waals surface area contributed by atoms with Gasteiger partial charge in [-0.3, -0.25) is 4.79 Å². The van der Waals surface area contributed by atoms with Crippen LogP contribution in [0.25, 0.3) is 0 Å². The van der Waals surface area contributed by atoms with Gasteiger partial charge >= 0.3 is 0 Å². The molecule has 3 atom stereocenters. The smallest absolute Gasteiger partial charge is 0.227 e. The summed E-state index contributed by atoms with van der Waals surface area (Å²) in [5.41, 5.74) is 1.42. The predicted octanol–water partition coefficient (Wildman–Crippen LogP) is 4.10. The third-order valence-corrected chi connectivity index (χ3v) is 5.19. The molecular formula is C18H22N2O. The number of nitrogens with one attached hydrogen (secondary N) is 1. The van der Waals surface area contributed by atoms with Crippen molar-refractivity contribution in [2.45, 2.75) is 44.9 Å². The number of carbonyl (C=O) groups excluding carboxylic acids is 1. The topological polar surface area (TPSA) is 52.9 Å². The maximum Gasteiger partial charge on any atom is 0.227 e. The van der Waals surface area contributed by atoms with Crippen LogP contribution in [0.3, 0.4) is 0 Å². The number of carbonyl (C=O) groups is 1. The van der Waals surface area contributed by atoms with E-state index in [9.17, 15) is 4.79 Å². The van der Waals surface area contributed by atoms with E-state index in [1.54, 1.807) is 12.1 Å². The molecule has 21 heavy (non-hydrogen) atoms. The number of hydrogen-bond acceptors (Lipinski definition) is 2. The Morgan fingerprint density at radius 3 is 2.48 bits per heavy atom. The molecule has 0 heterocycles. The number of nitrogens with zero attached hydrogens (tertiary/aromatic N) is 1. The van der Waals surface area contributed by atoms with Gasteiger partial charge < -0.3 is 5.32 Å². The second-order valence-electron chi connectivity index (χ2n) is 6.49. The molecule has 1 amide bonds. The maximum absolute atomic E-state index is 12.4. The zero-order chi connectivity index (χ0) is 14.7. The highest BCUT2D eigenvalue weighted by molar-refractivity contribution is 5.92. The van der Waals surface area contributed by atoms with E-state index in [2.05, 4.69) is 11.4 Å². The monoisotopic (exact) mass is 282 g/mol. The lowest BCUT2D eigenvalue weighted by Gasteiger charge is -2.38. The van der Waals surface area contributed by atoms with Crippen LogP contribution in [0.1, 0.15) is 50.5 Å². The van der Waals surface area contributed by atoms with Crippen LogP contribution in [-0.4, -0.2) is 5.91 Å². The van der Waals surface area contributed by atoms with Crippen molar-refractivity contribution in [1.29, 1.82) is 5.26 Å². The lowest BCUT2D eigenvalue weighted by molar-refractivity contribution is -0.122. The number of hydrogen-bond donors (Lipinski definition) is 1. The Hall–Kier alpha value is -1.82. The summed E-state index contributed by atoms with van der Waals surface area (Å²) < 4.78 is 0. The van der Waals surface area contributed by atoms with E-state index < -0.39 is 0 Å². The van der Waals surface area contributed by atoms with Crippen LogP contribution >= 0.6 is 0 Å². The van der Waals surface area contributed by atoms with Crippen molar-refractivity contribution in [2.24, 2.45) is 17.8 Å².